The lowest BCUT2D eigenvalue weighted by atomic mass is 10.2. The lowest BCUT2D eigenvalue weighted by molar-refractivity contribution is 0.0985. The number of anilines is 1. The van der Waals surface area contributed by atoms with Crippen molar-refractivity contribution in [1.82, 2.24) is 9.97 Å². The summed E-state index contributed by atoms with van der Waals surface area (Å²) in [5, 5.41) is 1.95. The summed E-state index contributed by atoms with van der Waals surface area (Å²) in [6, 6.07) is 12.3. The molecule has 0 aliphatic rings. The maximum absolute atomic E-state index is 13.5. The van der Waals surface area contributed by atoms with E-state index >= 15 is 0 Å². The quantitative estimate of drug-likeness (QED) is 0.335. The molecule has 0 saturated heterocycles. The third-order valence-electron chi connectivity index (χ3n) is 4.34. The van der Waals surface area contributed by atoms with Gasteiger partial charge in [0.25, 0.3) is 5.91 Å². The van der Waals surface area contributed by atoms with Crippen LogP contribution in [0.3, 0.4) is 0 Å². The third kappa shape index (κ3) is 4.23. The molecule has 2 aromatic heterocycles. The smallest absolute Gasteiger partial charge is 0.261 e. The second kappa shape index (κ2) is 8.28. The number of amides is 1. The summed E-state index contributed by atoms with van der Waals surface area (Å²) < 4.78 is 0.908. The summed E-state index contributed by atoms with van der Waals surface area (Å²) in [5.74, 6) is -0.288. The second-order valence-corrected chi connectivity index (χ2v) is 8.73. The number of benzene rings is 2. The number of fused-ring (bicyclic) bond motifs is 1. The molecule has 0 unspecified atom stereocenters. The summed E-state index contributed by atoms with van der Waals surface area (Å²) >= 11 is 20.0. The van der Waals surface area contributed by atoms with Gasteiger partial charge in [-0.1, -0.05) is 52.2 Å². The number of pyridine rings is 1. The first-order chi connectivity index (χ1) is 13.9. The molecule has 1 amide bonds. The number of carbonyl (C=O) groups excluding carboxylic acids is 1. The summed E-state index contributed by atoms with van der Waals surface area (Å²) in [5.41, 5.74) is 2.95. The van der Waals surface area contributed by atoms with E-state index in [2.05, 4.69) is 4.98 Å². The van der Waals surface area contributed by atoms with Crippen LogP contribution in [0.15, 0.2) is 54.9 Å². The first-order valence-electron chi connectivity index (χ1n) is 8.65. The number of aryl methyl sites for hydroxylation is 1. The van der Waals surface area contributed by atoms with E-state index in [1.807, 2.05) is 31.2 Å². The minimum atomic E-state index is -0.288. The predicted molar refractivity (Wildman–Crippen MR) is 121 cm³/mol. The Hall–Kier alpha value is -2.18. The minimum absolute atomic E-state index is 0.288. The third-order valence-corrected chi connectivity index (χ3v) is 6.15. The van der Waals surface area contributed by atoms with Crippen molar-refractivity contribution < 1.29 is 4.79 Å². The molecule has 8 heteroatoms. The number of aromatic nitrogens is 2. The number of rotatable bonds is 4. The van der Waals surface area contributed by atoms with Crippen molar-refractivity contribution in [1.29, 1.82) is 0 Å². The van der Waals surface area contributed by atoms with Crippen molar-refractivity contribution in [2.45, 2.75) is 13.5 Å². The average molecular weight is 463 g/mol. The van der Waals surface area contributed by atoms with Crippen LogP contribution in [-0.4, -0.2) is 15.9 Å². The van der Waals surface area contributed by atoms with Gasteiger partial charge >= 0.3 is 0 Å². The van der Waals surface area contributed by atoms with E-state index in [1.54, 1.807) is 35.5 Å². The van der Waals surface area contributed by atoms with Crippen LogP contribution in [0.4, 0.5) is 5.13 Å². The zero-order valence-electron chi connectivity index (χ0n) is 15.2. The van der Waals surface area contributed by atoms with Crippen LogP contribution in [0.25, 0.3) is 10.2 Å². The number of thiazole rings is 1. The monoisotopic (exact) mass is 461 g/mol. The van der Waals surface area contributed by atoms with Gasteiger partial charge in [-0.25, -0.2) is 4.98 Å². The van der Waals surface area contributed by atoms with Crippen molar-refractivity contribution >= 4 is 67.4 Å². The highest BCUT2D eigenvalue weighted by atomic mass is 35.5. The van der Waals surface area contributed by atoms with Crippen molar-refractivity contribution in [2.75, 3.05) is 4.90 Å². The van der Waals surface area contributed by atoms with E-state index in [-0.39, 0.29) is 5.91 Å². The molecule has 4 nitrogen and oxygen atoms in total. The Bertz CT molecular complexity index is 1210. The molecule has 0 fully saturated rings. The molecule has 2 heterocycles. The number of hydrogen-bond acceptors (Lipinski definition) is 4. The van der Waals surface area contributed by atoms with Crippen LogP contribution < -0.4 is 4.90 Å². The molecule has 29 heavy (non-hydrogen) atoms. The zero-order valence-corrected chi connectivity index (χ0v) is 18.3. The van der Waals surface area contributed by atoms with Gasteiger partial charge in [0.2, 0.25) is 0 Å². The Morgan fingerprint density at radius 3 is 2.69 bits per heavy atom. The summed E-state index contributed by atoms with van der Waals surface area (Å²) in [7, 11) is 0. The fraction of sp³-hybridized carbons (Fsp3) is 0.0952. The van der Waals surface area contributed by atoms with Gasteiger partial charge in [0, 0.05) is 22.4 Å². The standard InChI is InChI=1S/C21H14Cl3N3OS/c1-12-7-15(23)9-18-19(12)26-21(29-18)27(11-13-3-2-6-25-10-13)20(28)16-8-14(22)4-5-17(16)24/h2-10H,11H2,1H3. The summed E-state index contributed by atoms with van der Waals surface area (Å²) in [4.78, 5) is 23.9. The topological polar surface area (TPSA) is 46.1 Å². The molecule has 0 aliphatic heterocycles. The molecular formula is C21H14Cl3N3OS. The van der Waals surface area contributed by atoms with Crippen LogP contribution in [0.2, 0.25) is 15.1 Å². The van der Waals surface area contributed by atoms with E-state index in [0.717, 1.165) is 21.3 Å². The maximum Gasteiger partial charge on any atom is 0.261 e. The predicted octanol–water partition coefficient (Wildman–Crippen LogP) is 6.81. The summed E-state index contributed by atoms with van der Waals surface area (Å²) in [6.07, 6.45) is 3.40. The van der Waals surface area contributed by atoms with Gasteiger partial charge in [0.15, 0.2) is 5.13 Å². The Balaban J connectivity index is 1.83. The Labute approximate surface area is 186 Å². The second-order valence-electron chi connectivity index (χ2n) is 6.44. The van der Waals surface area contributed by atoms with E-state index in [1.165, 1.54) is 11.3 Å². The van der Waals surface area contributed by atoms with Crippen LogP contribution in [0.1, 0.15) is 21.5 Å². The fourth-order valence-electron chi connectivity index (χ4n) is 2.97. The molecule has 0 bridgehead atoms. The Morgan fingerprint density at radius 1 is 1.10 bits per heavy atom. The number of halogens is 3. The Morgan fingerprint density at radius 2 is 1.93 bits per heavy atom. The van der Waals surface area contributed by atoms with Gasteiger partial charge in [-0.15, -0.1) is 0 Å². The van der Waals surface area contributed by atoms with Crippen molar-refractivity contribution in [3.63, 3.8) is 0 Å². The molecule has 0 N–H and O–H groups in total. The van der Waals surface area contributed by atoms with Gasteiger partial charge in [0.1, 0.15) is 0 Å². The van der Waals surface area contributed by atoms with Gasteiger partial charge < -0.3 is 0 Å². The average Bonchev–Trinajstić information content (AvgIpc) is 3.12. The van der Waals surface area contributed by atoms with Gasteiger partial charge in [-0.2, -0.15) is 0 Å². The molecule has 0 spiro atoms. The van der Waals surface area contributed by atoms with E-state index < -0.39 is 0 Å². The van der Waals surface area contributed by atoms with E-state index in [4.69, 9.17) is 39.8 Å². The molecule has 0 atom stereocenters. The molecule has 0 aliphatic carbocycles. The molecule has 2 aromatic carbocycles. The Kier molecular flexibility index (Phi) is 5.74. The van der Waals surface area contributed by atoms with Crippen molar-refractivity contribution in [2.24, 2.45) is 0 Å². The SMILES string of the molecule is Cc1cc(Cl)cc2sc(N(Cc3cccnc3)C(=O)c3cc(Cl)ccc3Cl)nc12. The normalized spacial score (nSPS) is 11.0. The van der Waals surface area contributed by atoms with Crippen molar-refractivity contribution in [3.05, 3.63) is 86.6 Å². The van der Waals surface area contributed by atoms with Crippen LogP contribution in [-0.2, 0) is 6.54 Å². The lowest BCUT2D eigenvalue weighted by Gasteiger charge is -2.20. The van der Waals surface area contributed by atoms with Gasteiger partial charge in [0.05, 0.1) is 27.3 Å². The van der Waals surface area contributed by atoms with Crippen LogP contribution >= 0.6 is 46.1 Å². The molecule has 146 valence electrons. The van der Waals surface area contributed by atoms with E-state index in [9.17, 15) is 4.79 Å². The highest BCUT2D eigenvalue weighted by molar-refractivity contribution is 7.22. The molecule has 4 rings (SSSR count). The first-order valence-corrected chi connectivity index (χ1v) is 10.6. The minimum Gasteiger partial charge on any atom is -0.279 e. The lowest BCUT2D eigenvalue weighted by Crippen LogP contribution is -2.30. The van der Waals surface area contributed by atoms with Gasteiger partial charge in [-0.05, 0) is 54.4 Å². The van der Waals surface area contributed by atoms with Crippen LogP contribution in [0, 0.1) is 6.92 Å². The van der Waals surface area contributed by atoms with Gasteiger partial charge in [-0.3, -0.25) is 14.7 Å². The van der Waals surface area contributed by atoms with Crippen molar-refractivity contribution in [3.8, 4) is 0 Å². The maximum atomic E-state index is 13.5. The highest BCUT2D eigenvalue weighted by Gasteiger charge is 2.24. The fourth-order valence-corrected chi connectivity index (χ4v) is 4.75. The molecule has 0 radical (unpaired) electrons. The molecule has 4 aromatic rings. The summed E-state index contributed by atoms with van der Waals surface area (Å²) in [6.45, 7) is 2.24. The number of hydrogen-bond donors (Lipinski definition) is 0. The molecular weight excluding hydrogens is 449 g/mol. The number of nitrogens with zero attached hydrogens (tertiary/aromatic N) is 3. The highest BCUT2D eigenvalue weighted by Crippen LogP contribution is 2.35. The van der Waals surface area contributed by atoms with E-state index in [0.29, 0.717) is 32.3 Å². The molecule has 0 saturated carbocycles. The first kappa shape index (κ1) is 20.1. The number of carbonyl (C=O) groups is 1. The van der Waals surface area contributed by atoms with Crippen LogP contribution in [0.5, 0.6) is 0 Å². The zero-order chi connectivity index (χ0) is 20.5. The largest absolute Gasteiger partial charge is 0.279 e.